The normalized spacial score (nSPS) is 10.3. The minimum absolute atomic E-state index is 0.300. The molecular weight excluding hydrogens is 391 g/mol. The number of hydrogen-bond donors (Lipinski definition) is 1. The molecule has 104 valence electrons. The minimum Gasteiger partial charge on any atom is -0.277 e. The second kappa shape index (κ2) is 7.01. The fraction of sp³-hybridized carbons (Fsp3) is 0.143. The summed E-state index contributed by atoms with van der Waals surface area (Å²) in [7, 11) is 1.40. The predicted octanol–water partition coefficient (Wildman–Crippen LogP) is 3.22. The highest BCUT2D eigenvalue weighted by atomic mass is 127. The minimum atomic E-state index is -0.300. The number of aromatic nitrogens is 1. The summed E-state index contributed by atoms with van der Waals surface area (Å²) in [5, 5.41) is 0.679. The van der Waals surface area contributed by atoms with Crippen LogP contribution < -0.4 is 5.48 Å². The van der Waals surface area contributed by atoms with Gasteiger partial charge in [0.15, 0.2) is 0 Å². The van der Waals surface area contributed by atoms with Crippen LogP contribution in [0.3, 0.4) is 0 Å². The molecule has 0 radical (unpaired) electrons. The summed E-state index contributed by atoms with van der Waals surface area (Å²) in [6.45, 7) is 0. The number of pyridine rings is 1. The first-order valence-electron chi connectivity index (χ1n) is 5.82. The van der Waals surface area contributed by atoms with Crippen molar-refractivity contribution in [1.29, 1.82) is 0 Å². The van der Waals surface area contributed by atoms with Gasteiger partial charge in [0.2, 0.25) is 0 Å². The largest absolute Gasteiger partial charge is 0.277 e. The van der Waals surface area contributed by atoms with E-state index in [0.29, 0.717) is 17.0 Å². The van der Waals surface area contributed by atoms with Crippen LogP contribution in [0.1, 0.15) is 21.5 Å². The molecule has 6 heteroatoms. The smallest absolute Gasteiger partial charge is 0.275 e. The average Bonchev–Trinajstić information content (AvgIpc) is 2.43. The third-order valence-corrected chi connectivity index (χ3v) is 3.76. The summed E-state index contributed by atoms with van der Waals surface area (Å²) < 4.78 is 1.07. The molecule has 4 nitrogen and oxygen atoms in total. The third-order valence-electron chi connectivity index (χ3n) is 2.74. The van der Waals surface area contributed by atoms with Gasteiger partial charge in [0.1, 0.15) is 0 Å². The molecule has 1 aromatic heterocycles. The monoisotopic (exact) mass is 402 g/mol. The number of hydroxylamine groups is 1. The SMILES string of the molecule is CONC(=O)c1ccncc1Cc1ccc(I)cc1Cl. The molecule has 1 aromatic carbocycles. The molecule has 2 rings (SSSR count). The van der Waals surface area contributed by atoms with Crippen LogP contribution >= 0.6 is 34.2 Å². The molecule has 0 saturated carbocycles. The lowest BCUT2D eigenvalue weighted by Crippen LogP contribution is -2.23. The number of rotatable bonds is 4. The van der Waals surface area contributed by atoms with Gasteiger partial charge in [-0.3, -0.25) is 14.6 Å². The molecule has 2 aromatic rings. The van der Waals surface area contributed by atoms with Gasteiger partial charge in [0, 0.05) is 33.0 Å². The van der Waals surface area contributed by atoms with E-state index in [1.165, 1.54) is 7.11 Å². The summed E-state index contributed by atoms with van der Waals surface area (Å²) in [6.07, 6.45) is 3.78. The second-order valence-electron chi connectivity index (χ2n) is 4.08. The van der Waals surface area contributed by atoms with Crippen molar-refractivity contribution in [3.8, 4) is 0 Å². The molecular formula is C14H12ClIN2O2. The van der Waals surface area contributed by atoms with E-state index in [2.05, 4.69) is 37.9 Å². The highest BCUT2D eigenvalue weighted by molar-refractivity contribution is 14.1. The zero-order chi connectivity index (χ0) is 14.5. The van der Waals surface area contributed by atoms with Crippen molar-refractivity contribution in [1.82, 2.24) is 10.5 Å². The van der Waals surface area contributed by atoms with Gasteiger partial charge in [-0.1, -0.05) is 17.7 Å². The molecule has 0 fully saturated rings. The molecule has 0 aliphatic carbocycles. The third kappa shape index (κ3) is 3.68. The number of hydrogen-bond acceptors (Lipinski definition) is 3. The van der Waals surface area contributed by atoms with Crippen LogP contribution in [0.25, 0.3) is 0 Å². The van der Waals surface area contributed by atoms with Gasteiger partial charge in [0.25, 0.3) is 5.91 Å². The van der Waals surface area contributed by atoms with Crippen molar-refractivity contribution in [2.45, 2.75) is 6.42 Å². The molecule has 1 heterocycles. The second-order valence-corrected chi connectivity index (χ2v) is 5.73. The van der Waals surface area contributed by atoms with Crippen LogP contribution in [0.2, 0.25) is 5.02 Å². The van der Waals surface area contributed by atoms with Crippen molar-refractivity contribution >= 4 is 40.1 Å². The van der Waals surface area contributed by atoms with E-state index in [9.17, 15) is 4.79 Å². The van der Waals surface area contributed by atoms with Crippen molar-refractivity contribution < 1.29 is 9.63 Å². The zero-order valence-corrected chi connectivity index (χ0v) is 13.6. The predicted molar refractivity (Wildman–Crippen MR) is 85.7 cm³/mol. The highest BCUT2D eigenvalue weighted by Crippen LogP contribution is 2.23. The quantitative estimate of drug-likeness (QED) is 0.631. The molecule has 0 atom stereocenters. The van der Waals surface area contributed by atoms with Crippen molar-refractivity contribution in [2.24, 2.45) is 0 Å². The Hall–Kier alpha value is -1.18. The van der Waals surface area contributed by atoms with Crippen LogP contribution in [0.15, 0.2) is 36.7 Å². The van der Waals surface area contributed by atoms with Gasteiger partial charge < -0.3 is 0 Å². The lowest BCUT2D eigenvalue weighted by Gasteiger charge is -2.10. The Kier molecular flexibility index (Phi) is 5.33. The Balaban J connectivity index is 2.31. The van der Waals surface area contributed by atoms with E-state index in [-0.39, 0.29) is 5.91 Å². The maximum absolute atomic E-state index is 11.9. The fourth-order valence-electron chi connectivity index (χ4n) is 1.81. The molecule has 0 aliphatic rings. The van der Waals surface area contributed by atoms with Crippen molar-refractivity contribution in [2.75, 3.05) is 7.11 Å². The van der Waals surface area contributed by atoms with Crippen LogP contribution in [0.4, 0.5) is 0 Å². The number of carbonyl (C=O) groups excluding carboxylic acids is 1. The van der Waals surface area contributed by atoms with E-state index in [1.807, 2.05) is 18.2 Å². The Morgan fingerprint density at radius 3 is 2.90 bits per heavy atom. The van der Waals surface area contributed by atoms with Gasteiger partial charge >= 0.3 is 0 Å². The molecule has 0 unspecified atom stereocenters. The van der Waals surface area contributed by atoms with Crippen LogP contribution in [-0.4, -0.2) is 18.0 Å². The van der Waals surface area contributed by atoms with Crippen LogP contribution in [-0.2, 0) is 11.3 Å². The number of nitrogens with one attached hydrogen (secondary N) is 1. The van der Waals surface area contributed by atoms with E-state index in [4.69, 9.17) is 11.6 Å². The van der Waals surface area contributed by atoms with Crippen LogP contribution in [0, 0.1) is 3.57 Å². The van der Waals surface area contributed by atoms with Gasteiger partial charge in [-0.2, -0.15) is 0 Å². The Labute approximate surface area is 135 Å². The standard InChI is InChI=1S/C14H12ClIN2O2/c1-20-18-14(19)12-4-5-17-8-10(12)6-9-2-3-11(16)7-13(9)15/h2-5,7-8H,6H2,1H3,(H,18,19). The highest BCUT2D eigenvalue weighted by Gasteiger charge is 2.12. The van der Waals surface area contributed by atoms with Crippen LogP contribution in [0.5, 0.6) is 0 Å². The van der Waals surface area contributed by atoms with Gasteiger partial charge in [-0.15, -0.1) is 0 Å². The van der Waals surface area contributed by atoms with Crippen molar-refractivity contribution in [3.05, 3.63) is 61.9 Å². The molecule has 0 aliphatic heterocycles. The number of amides is 1. The first-order valence-corrected chi connectivity index (χ1v) is 7.27. The lowest BCUT2D eigenvalue weighted by molar-refractivity contribution is 0.0536. The molecule has 20 heavy (non-hydrogen) atoms. The Morgan fingerprint density at radius 2 is 2.20 bits per heavy atom. The summed E-state index contributed by atoms with van der Waals surface area (Å²) >= 11 is 8.43. The zero-order valence-electron chi connectivity index (χ0n) is 10.7. The van der Waals surface area contributed by atoms with E-state index in [1.54, 1.807) is 18.5 Å². The summed E-state index contributed by atoms with van der Waals surface area (Å²) in [6, 6.07) is 7.48. The summed E-state index contributed by atoms with van der Waals surface area (Å²) in [5.74, 6) is -0.300. The molecule has 1 N–H and O–H groups in total. The summed E-state index contributed by atoms with van der Waals surface area (Å²) in [4.78, 5) is 20.6. The Bertz CT molecular complexity index is 634. The number of halogens is 2. The van der Waals surface area contributed by atoms with Crippen molar-refractivity contribution in [3.63, 3.8) is 0 Å². The topological polar surface area (TPSA) is 51.2 Å². The van der Waals surface area contributed by atoms with Gasteiger partial charge in [-0.05, 0) is 51.9 Å². The number of nitrogens with zero attached hydrogens (tertiary/aromatic N) is 1. The first kappa shape index (κ1) is 15.2. The number of benzene rings is 1. The van der Waals surface area contributed by atoms with E-state index >= 15 is 0 Å². The molecule has 0 spiro atoms. The van der Waals surface area contributed by atoms with Gasteiger partial charge in [0.05, 0.1) is 7.11 Å². The molecule has 0 bridgehead atoms. The number of carbonyl (C=O) groups is 1. The maximum Gasteiger partial charge on any atom is 0.275 e. The molecule has 0 saturated heterocycles. The lowest BCUT2D eigenvalue weighted by atomic mass is 10.0. The van der Waals surface area contributed by atoms with E-state index < -0.39 is 0 Å². The molecule has 1 amide bonds. The first-order chi connectivity index (χ1) is 9.61. The Morgan fingerprint density at radius 1 is 1.40 bits per heavy atom. The van der Waals surface area contributed by atoms with E-state index in [0.717, 1.165) is 14.7 Å². The fourth-order valence-corrected chi connectivity index (χ4v) is 2.73. The average molecular weight is 403 g/mol. The summed E-state index contributed by atoms with van der Waals surface area (Å²) in [5.41, 5.74) is 4.58. The maximum atomic E-state index is 11.9. The van der Waals surface area contributed by atoms with Gasteiger partial charge in [-0.25, -0.2) is 5.48 Å².